The Morgan fingerprint density at radius 2 is 2.08 bits per heavy atom. The highest BCUT2D eigenvalue weighted by atomic mass is 32.2. The Morgan fingerprint density at radius 1 is 1.34 bits per heavy atom. The molecule has 2 bridgehead atoms. The Morgan fingerprint density at radius 3 is 2.71 bits per heavy atom. The number of amides is 2. The molecule has 2 amide bonds. The molecule has 5 aliphatic rings. The highest BCUT2D eigenvalue weighted by Crippen LogP contribution is 2.40. The summed E-state index contributed by atoms with van der Waals surface area (Å²) in [6, 6.07) is 0.750. The van der Waals surface area contributed by atoms with E-state index in [0.717, 1.165) is 61.8 Å². The first-order valence-electron chi connectivity index (χ1n) is 11.9. The van der Waals surface area contributed by atoms with Crippen molar-refractivity contribution in [2.45, 2.75) is 11.4 Å². The number of nitrogens with two attached hydrogens (primary N) is 1. The minimum atomic E-state index is -1.19. The normalized spacial score (nSPS) is 28.6. The molecule has 0 unspecified atom stereocenters. The molecule has 6 heterocycles. The van der Waals surface area contributed by atoms with Crippen molar-refractivity contribution < 1.29 is 28.8 Å². The van der Waals surface area contributed by atoms with Crippen LogP contribution in [0.2, 0.25) is 0 Å². The topological polar surface area (TPSA) is 187 Å². The van der Waals surface area contributed by atoms with E-state index < -0.39 is 35.8 Å². The lowest BCUT2D eigenvalue weighted by molar-refractivity contribution is -0.935. The molecule has 14 nitrogen and oxygen atoms in total. The number of nitriles is 1. The largest absolute Gasteiger partial charge is 0.477 e. The summed E-state index contributed by atoms with van der Waals surface area (Å²) in [4.78, 5) is 50.6. The number of oxime groups is 1. The van der Waals surface area contributed by atoms with Gasteiger partial charge in [0.25, 0.3) is 11.8 Å². The van der Waals surface area contributed by atoms with Crippen molar-refractivity contribution in [1.29, 1.82) is 5.26 Å². The number of quaternary nitrogens is 1. The minimum absolute atomic E-state index is 0.0656. The highest BCUT2D eigenvalue weighted by molar-refractivity contribution is 8.00. The van der Waals surface area contributed by atoms with Crippen molar-refractivity contribution in [3.8, 4) is 6.07 Å². The van der Waals surface area contributed by atoms with E-state index in [1.165, 1.54) is 16.7 Å². The zero-order valence-electron chi connectivity index (χ0n) is 20.3. The summed E-state index contributed by atoms with van der Waals surface area (Å²) in [5.41, 5.74) is 5.76. The molecule has 38 heavy (non-hydrogen) atoms. The molecular formula is C22H26N9O5S2+. The van der Waals surface area contributed by atoms with Crippen molar-refractivity contribution in [3.05, 3.63) is 29.2 Å². The van der Waals surface area contributed by atoms with Gasteiger partial charge in [-0.1, -0.05) is 11.2 Å². The van der Waals surface area contributed by atoms with Crippen molar-refractivity contribution in [2.75, 3.05) is 63.9 Å². The van der Waals surface area contributed by atoms with Crippen molar-refractivity contribution in [1.82, 2.24) is 24.5 Å². The highest BCUT2D eigenvalue weighted by Gasteiger charge is 2.54. The Kier molecular flexibility index (Phi) is 7.34. The van der Waals surface area contributed by atoms with E-state index in [1.807, 2.05) is 12.2 Å². The standard InChI is InChI=1S/C22H25N9O5S2/c23-3-11-36-27-14(17-26-22(24)38-28-17)18(32)25-15-19(33)30-16(21(34)35)13(12-37-20(15)30)2-1-7-31-8-4-29(5-9-31)6-10-31/h1-2,15,20H,4-12H2,(H3-,24,25,26,28,32,34,35)/p+1/b2-1+,27-14-/t15-,20-/m1/s1. The monoisotopic (exact) mass is 560 g/mol. The van der Waals surface area contributed by atoms with Gasteiger partial charge in [0, 0.05) is 36.9 Å². The van der Waals surface area contributed by atoms with Gasteiger partial charge in [-0.05, 0) is 11.6 Å². The number of carboxylic acids is 1. The Balaban J connectivity index is 1.29. The van der Waals surface area contributed by atoms with Gasteiger partial charge in [-0.25, -0.2) is 4.79 Å². The second-order valence-electron chi connectivity index (χ2n) is 9.31. The molecule has 4 saturated heterocycles. The first-order chi connectivity index (χ1) is 18.3. The SMILES string of the molecule is N#CCO/N=C(\C(=O)N[C@@H]1C(=O)N2C(C(=O)O)=C(/C=C/C[N+]34CCN(CC3)CC4)CS[C@H]12)c1nsc(N)n1. The Labute approximate surface area is 226 Å². The summed E-state index contributed by atoms with van der Waals surface area (Å²) in [5, 5.41) is 24.3. The average molecular weight is 561 g/mol. The molecule has 2 atom stereocenters. The number of carboxylic acid groups (broad SMARTS) is 1. The van der Waals surface area contributed by atoms with Crippen LogP contribution in [0.1, 0.15) is 5.82 Å². The number of anilines is 1. The van der Waals surface area contributed by atoms with E-state index >= 15 is 0 Å². The Hall–Kier alpha value is -3.52. The van der Waals surface area contributed by atoms with E-state index in [-0.39, 0.29) is 22.4 Å². The predicted octanol–water partition coefficient (Wildman–Crippen LogP) is -1.19. The van der Waals surface area contributed by atoms with Crippen LogP contribution in [0, 0.1) is 11.3 Å². The second-order valence-corrected chi connectivity index (χ2v) is 11.2. The summed E-state index contributed by atoms with van der Waals surface area (Å²) in [7, 11) is 0. The lowest BCUT2D eigenvalue weighted by Crippen LogP contribution is -2.71. The number of hydrogen-bond acceptors (Lipinski definition) is 12. The van der Waals surface area contributed by atoms with Crippen LogP contribution in [0.15, 0.2) is 28.6 Å². The molecule has 0 spiro atoms. The summed E-state index contributed by atoms with van der Waals surface area (Å²) in [5.74, 6) is -2.27. The lowest BCUT2D eigenvalue weighted by Gasteiger charge is -2.50. The maximum absolute atomic E-state index is 13.0. The summed E-state index contributed by atoms with van der Waals surface area (Å²) >= 11 is 2.21. The molecule has 4 fully saturated rings. The second kappa shape index (κ2) is 10.7. The predicted molar refractivity (Wildman–Crippen MR) is 137 cm³/mol. The molecule has 0 saturated carbocycles. The number of fused-ring (bicyclic) bond motifs is 4. The number of carbonyl (C=O) groups excluding carboxylic acids is 2. The smallest absolute Gasteiger partial charge is 0.352 e. The van der Waals surface area contributed by atoms with Crippen molar-refractivity contribution in [2.24, 2.45) is 5.16 Å². The third-order valence-electron chi connectivity index (χ3n) is 7.12. The summed E-state index contributed by atoms with van der Waals surface area (Å²) in [6.07, 6.45) is 3.86. The summed E-state index contributed by atoms with van der Waals surface area (Å²) < 4.78 is 4.95. The molecule has 1 aromatic rings. The van der Waals surface area contributed by atoms with Gasteiger partial charge in [0.15, 0.2) is 5.13 Å². The van der Waals surface area contributed by atoms with Crippen LogP contribution in [0.25, 0.3) is 0 Å². The quantitative estimate of drug-likeness (QED) is 0.108. The van der Waals surface area contributed by atoms with Crippen LogP contribution in [-0.2, 0) is 19.2 Å². The van der Waals surface area contributed by atoms with Crippen molar-refractivity contribution >= 4 is 51.9 Å². The molecule has 16 heteroatoms. The molecule has 0 aliphatic carbocycles. The van der Waals surface area contributed by atoms with Gasteiger partial charge < -0.3 is 25.5 Å². The number of aromatic nitrogens is 2. The summed E-state index contributed by atoms with van der Waals surface area (Å²) in [6.45, 7) is 6.96. The van der Waals surface area contributed by atoms with Gasteiger partial charge in [0.1, 0.15) is 23.2 Å². The number of nitrogens with zero attached hydrogens (tertiary/aromatic N) is 7. The first-order valence-corrected chi connectivity index (χ1v) is 13.8. The van der Waals surface area contributed by atoms with Crippen molar-refractivity contribution in [3.63, 3.8) is 0 Å². The number of nitrogens with one attached hydrogen (secondary N) is 1. The molecular weight excluding hydrogens is 534 g/mol. The van der Waals surface area contributed by atoms with Crippen LogP contribution in [-0.4, -0.2) is 122 Å². The number of rotatable bonds is 9. The molecule has 4 N–H and O–H groups in total. The van der Waals surface area contributed by atoms with Gasteiger partial charge >= 0.3 is 5.97 Å². The van der Waals surface area contributed by atoms with Gasteiger partial charge in [-0.2, -0.15) is 14.6 Å². The lowest BCUT2D eigenvalue weighted by atomic mass is 10.0. The van der Waals surface area contributed by atoms with Crippen LogP contribution in [0.4, 0.5) is 5.13 Å². The van der Waals surface area contributed by atoms with Crippen LogP contribution < -0.4 is 11.1 Å². The number of thioether (sulfide) groups is 1. The molecule has 200 valence electrons. The zero-order chi connectivity index (χ0) is 26.9. The number of allylic oxidation sites excluding steroid dienone is 1. The molecule has 5 aliphatic heterocycles. The van der Waals surface area contributed by atoms with Crippen LogP contribution >= 0.6 is 23.3 Å². The fourth-order valence-electron chi connectivity index (χ4n) is 5.05. The van der Waals surface area contributed by atoms with E-state index in [9.17, 15) is 19.5 Å². The fourth-order valence-corrected chi connectivity index (χ4v) is 6.80. The van der Waals surface area contributed by atoms with E-state index in [0.29, 0.717) is 11.3 Å². The fraction of sp³-hybridized carbons (Fsp3) is 0.500. The number of piperazine rings is 3. The molecule has 0 radical (unpaired) electrons. The van der Waals surface area contributed by atoms with Crippen LogP contribution in [0.5, 0.6) is 0 Å². The third-order valence-corrected chi connectivity index (χ3v) is 8.97. The van der Waals surface area contributed by atoms with E-state index in [1.54, 1.807) is 6.07 Å². The first kappa shape index (κ1) is 26.1. The Bertz CT molecular complexity index is 1260. The minimum Gasteiger partial charge on any atom is -0.477 e. The molecule has 6 rings (SSSR count). The van der Waals surface area contributed by atoms with Gasteiger partial charge in [-0.15, -0.1) is 11.8 Å². The molecule has 1 aromatic heterocycles. The van der Waals surface area contributed by atoms with E-state index in [2.05, 4.69) is 24.7 Å². The average Bonchev–Trinajstić information content (AvgIpc) is 3.35. The maximum Gasteiger partial charge on any atom is 0.352 e. The van der Waals surface area contributed by atoms with Gasteiger partial charge in [0.05, 0.1) is 26.2 Å². The van der Waals surface area contributed by atoms with E-state index in [4.69, 9.17) is 15.8 Å². The number of carbonyl (C=O) groups is 3. The molecule has 0 aromatic carbocycles. The number of β-lactam (4-membered cyclic amide) rings is 1. The third kappa shape index (κ3) is 4.97. The zero-order valence-corrected chi connectivity index (χ0v) is 21.9. The van der Waals surface area contributed by atoms with Gasteiger partial charge in [0.2, 0.25) is 18.1 Å². The number of hydrogen-bond donors (Lipinski definition) is 3. The van der Waals surface area contributed by atoms with Gasteiger partial charge in [-0.3, -0.25) is 19.4 Å². The number of aliphatic carboxylic acids is 1. The number of nitrogen functional groups attached to an aromatic ring is 1. The maximum atomic E-state index is 13.0. The van der Waals surface area contributed by atoms with Crippen LogP contribution in [0.3, 0.4) is 0 Å².